The van der Waals surface area contributed by atoms with Crippen LogP contribution in [-0.4, -0.2) is 37.1 Å². The normalized spacial score (nSPS) is 14.5. The molecule has 1 aliphatic heterocycles. The molecule has 0 aliphatic carbocycles. The van der Waals surface area contributed by atoms with Crippen LogP contribution in [0, 0.1) is 20.8 Å². The Bertz CT molecular complexity index is 749. The van der Waals surface area contributed by atoms with Gasteiger partial charge in [-0.2, -0.15) is 0 Å². The molecule has 0 saturated carbocycles. The van der Waals surface area contributed by atoms with Crippen LogP contribution in [0.2, 0.25) is 0 Å². The van der Waals surface area contributed by atoms with Crippen molar-refractivity contribution in [1.82, 2.24) is 10.2 Å². The summed E-state index contributed by atoms with van der Waals surface area (Å²) in [6.07, 6.45) is 0. The van der Waals surface area contributed by atoms with Crippen LogP contribution in [0.3, 0.4) is 0 Å². The molecule has 1 aliphatic rings. The lowest BCUT2D eigenvalue weighted by Crippen LogP contribution is -2.51. The van der Waals surface area contributed by atoms with E-state index in [0.717, 1.165) is 26.2 Å². The van der Waals surface area contributed by atoms with Gasteiger partial charge in [-0.1, -0.05) is 36.4 Å². The molecule has 1 saturated heterocycles. The summed E-state index contributed by atoms with van der Waals surface area (Å²) < 4.78 is 0. The molecule has 2 amide bonds. The van der Waals surface area contributed by atoms with Gasteiger partial charge in [-0.3, -0.25) is 0 Å². The van der Waals surface area contributed by atoms with Gasteiger partial charge < -0.3 is 15.1 Å². The Kier molecular flexibility index (Phi) is 5.27. The first-order valence-electron chi connectivity index (χ1n) is 8.94. The third-order valence-corrected chi connectivity index (χ3v) is 4.96. The zero-order valence-electron chi connectivity index (χ0n) is 15.4. The van der Waals surface area contributed by atoms with E-state index in [4.69, 9.17) is 0 Å². The van der Waals surface area contributed by atoms with Crippen molar-refractivity contribution in [2.24, 2.45) is 0 Å². The van der Waals surface area contributed by atoms with E-state index in [1.54, 1.807) is 0 Å². The first-order valence-corrected chi connectivity index (χ1v) is 8.94. The van der Waals surface area contributed by atoms with Gasteiger partial charge in [0.25, 0.3) is 0 Å². The van der Waals surface area contributed by atoms with Gasteiger partial charge in [0.1, 0.15) is 0 Å². The Balaban J connectivity index is 1.54. The van der Waals surface area contributed by atoms with Gasteiger partial charge in [0, 0.05) is 38.4 Å². The summed E-state index contributed by atoms with van der Waals surface area (Å²) in [4.78, 5) is 16.7. The summed E-state index contributed by atoms with van der Waals surface area (Å²) in [6.45, 7) is 10.2. The molecule has 4 heteroatoms. The SMILES string of the molecule is Cc1ccc(C)c(N2CCN(C(=O)NCc3ccccc3C)CC2)c1. The van der Waals surface area contributed by atoms with Gasteiger partial charge in [0.05, 0.1) is 0 Å². The number of hydrogen-bond acceptors (Lipinski definition) is 2. The highest BCUT2D eigenvalue weighted by Gasteiger charge is 2.22. The highest BCUT2D eigenvalue weighted by Crippen LogP contribution is 2.22. The molecular formula is C21H27N3O. The lowest BCUT2D eigenvalue weighted by molar-refractivity contribution is 0.194. The molecule has 1 N–H and O–H groups in total. The van der Waals surface area contributed by atoms with Crippen molar-refractivity contribution < 1.29 is 4.79 Å². The molecule has 2 aromatic carbocycles. The van der Waals surface area contributed by atoms with Gasteiger partial charge in [-0.05, 0) is 49.1 Å². The van der Waals surface area contributed by atoms with Crippen molar-refractivity contribution in [1.29, 1.82) is 0 Å². The minimum atomic E-state index is 0.0314. The molecule has 4 nitrogen and oxygen atoms in total. The number of nitrogens with zero attached hydrogens (tertiary/aromatic N) is 2. The number of piperazine rings is 1. The Labute approximate surface area is 150 Å². The van der Waals surface area contributed by atoms with Gasteiger partial charge in [0.2, 0.25) is 0 Å². The smallest absolute Gasteiger partial charge is 0.317 e. The van der Waals surface area contributed by atoms with E-state index in [9.17, 15) is 4.79 Å². The van der Waals surface area contributed by atoms with Crippen molar-refractivity contribution >= 4 is 11.7 Å². The summed E-state index contributed by atoms with van der Waals surface area (Å²) in [7, 11) is 0. The molecule has 0 aromatic heterocycles. The predicted octanol–water partition coefficient (Wildman–Crippen LogP) is 3.64. The summed E-state index contributed by atoms with van der Waals surface area (Å²) in [5, 5.41) is 3.05. The molecule has 0 unspecified atom stereocenters. The molecule has 132 valence electrons. The number of anilines is 1. The second-order valence-corrected chi connectivity index (χ2v) is 6.85. The largest absolute Gasteiger partial charge is 0.368 e. The summed E-state index contributed by atoms with van der Waals surface area (Å²) in [5.74, 6) is 0. The van der Waals surface area contributed by atoms with Gasteiger partial charge in [-0.15, -0.1) is 0 Å². The number of urea groups is 1. The van der Waals surface area contributed by atoms with Crippen LogP contribution in [0.4, 0.5) is 10.5 Å². The monoisotopic (exact) mass is 337 g/mol. The van der Waals surface area contributed by atoms with E-state index >= 15 is 0 Å². The molecule has 25 heavy (non-hydrogen) atoms. The van der Waals surface area contributed by atoms with E-state index in [1.165, 1.54) is 27.9 Å². The van der Waals surface area contributed by atoms with Crippen LogP contribution >= 0.6 is 0 Å². The Morgan fingerprint density at radius 3 is 2.40 bits per heavy atom. The molecule has 0 bridgehead atoms. The third kappa shape index (κ3) is 4.13. The molecule has 0 spiro atoms. The van der Waals surface area contributed by atoms with E-state index in [-0.39, 0.29) is 6.03 Å². The molecule has 1 heterocycles. The maximum Gasteiger partial charge on any atom is 0.317 e. The fraction of sp³-hybridized carbons (Fsp3) is 0.381. The maximum atomic E-state index is 12.4. The van der Waals surface area contributed by atoms with E-state index < -0.39 is 0 Å². The van der Waals surface area contributed by atoms with Crippen molar-refractivity contribution in [2.75, 3.05) is 31.1 Å². The van der Waals surface area contributed by atoms with Crippen molar-refractivity contribution in [2.45, 2.75) is 27.3 Å². The lowest BCUT2D eigenvalue weighted by atomic mass is 10.1. The number of nitrogens with one attached hydrogen (secondary N) is 1. The van der Waals surface area contributed by atoms with Crippen LogP contribution in [0.1, 0.15) is 22.3 Å². The van der Waals surface area contributed by atoms with Crippen LogP contribution in [0.25, 0.3) is 0 Å². The van der Waals surface area contributed by atoms with Gasteiger partial charge in [-0.25, -0.2) is 4.79 Å². The first kappa shape index (κ1) is 17.3. The molecule has 3 rings (SSSR count). The molecular weight excluding hydrogens is 310 g/mol. The topological polar surface area (TPSA) is 35.6 Å². The zero-order chi connectivity index (χ0) is 17.8. The maximum absolute atomic E-state index is 12.4. The number of carbonyl (C=O) groups excluding carboxylic acids is 1. The zero-order valence-corrected chi connectivity index (χ0v) is 15.4. The summed E-state index contributed by atoms with van der Waals surface area (Å²) in [5.41, 5.74) is 6.24. The fourth-order valence-electron chi connectivity index (χ4n) is 3.30. The average Bonchev–Trinajstić information content (AvgIpc) is 2.63. The van der Waals surface area contributed by atoms with Crippen LogP contribution in [0.5, 0.6) is 0 Å². The average molecular weight is 337 g/mol. The van der Waals surface area contributed by atoms with Crippen LogP contribution in [-0.2, 0) is 6.54 Å². The lowest BCUT2D eigenvalue weighted by Gasteiger charge is -2.37. The first-order chi connectivity index (χ1) is 12.0. The van der Waals surface area contributed by atoms with Crippen LogP contribution < -0.4 is 10.2 Å². The van der Waals surface area contributed by atoms with E-state index in [2.05, 4.69) is 61.3 Å². The fourth-order valence-corrected chi connectivity index (χ4v) is 3.30. The molecule has 0 radical (unpaired) electrons. The summed E-state index contributed by atoms with van der Waals surface area (Å²) >= 11 is 0. The third-order valence-electron chi connectivity index (χ3n) is 4.96. The highest BCUT2D eigenvalue weighted by molar-refractivity contribution is 5.74. The van der Waals surface area contributed by atoms with Crippen molar-refractivity contribution in [3.63, 3.8) is 0 Å². The van der Waals surface area contributed by atoms with Crippen molar-refractivity contribution in [3.05, 3.63) is 64.7 Å². The number of aryl methyl sites for hydroxylation is 3. The Hall–Kier alpha value is -2.49. The second kappa shape index (κ2) is 7.60. The highest BCUT2D eigenvalue weighted by atomic mass is 16.2. The molecule has 1 fully saturated rings. The molecule has 2 aromatic rings. The Morgan fingerprint density at radius 2 is 1.68 bits per heavy atom. The second-order valence-electron chi connectivity index (χ2n) is 6.85. The van der Waals surface area contributed by atoms with E-state index in [1.807, 2.05) is 17.0 Å². The number of rotatable bonds is 3. The number of carbonyl (C=O) groups is 1. The standard InChI is InChI=1S/C21H27N3O/c1-16-8-9-18(3)20(14-16)23-10-12-24(13-11-23)21(25)22-15-19-7-5-4-6-17(19)2/h4-9,14H,10-13,15H2,1-3H3,(H,22,25). The number of amides is 2. The number of benzene rings is 2. The van der Waals surface area contributed by atoms with Gasteiger partial charge in [0.15, 0.2) is 0 Å². The minimum Gasteiger partial charge on any atom is -0.368 e. The summed E-state index contributed by atoms with van der Waals surface area (Å²) in [6, 6.07) is 14.8. The Morgan fingerprint density at radius 1 is 0.960 bits per heavy atom. The quantitative estimate of drug-likeness (QED) is 0.928. The predicted molar refractivity (Wildman–Crippen MR) is 103 cm³/mol. The number of hydrogen-bond donors (Lipinski definition) is 1. The molecule has 0 atom stereocenters. The van der Waals surface area contributed by atoms with Gasteiger partial charge >= 0.3 is 6.03 Å². The van der Waals surface area contributed by atoms with E-state index in [0.29, 0.717) is 6.54 Å². The minimum absolute atomic E-state index is 0.0314. The van der Waals surface area contributed by atoms with Crippen molar-refractivity contribution in [3.8, 4) is 0 Å². The van der Waals surface area contributed by atoms with Crippen LogP contribution in [0.15, 0.2) is 42.5 Å².